The van der Waals surface area contributed by atoms with Gasteiger partial charge in [-0.25, -0.2) is 0 Å². The predicted octanol–water partition coefficient (Wildman–Crippen LogP) is 1.78. The number of ether oxygens (including phenoxy) is 1. The largest absolute Gasteiger partial charge is 0.495 e. The third-order valence-electron chi connectivity index (χ3n) is 1.00. The van der Waals surface area contributed by atoms with Gasteiger partial charge in [0.25, 0.3) is 0 Å². The van der Waals surface area contributed by atoms with Crippen LogP contribution < -0.4 is 4.74 Å². The maximum Gasteiger partial charge on any atom is 0.140 e. The van der Waals surface area contributed by atoms with E-state index in [1.165, 1.54) is 0 Å². The molecule has 1 nitrogen and oxygen atoms in total. The number of methoxy groups -OCH3 is 1. The van der Waals surface area contributed by atoms with Crippen LogP contribution in [-0.4, -0.2) is 7.11 Å². The molecule has 0 N–H and O–H groups in total. The number of hydrogen-bond donors (Lipinski definition) is 1. The lowest BCUT2D eigenvalue weighted by molar-refractivity contribution is 0.404. The maximum absolute atomic E-state index is 4.91. The van der Waals surface area contributed by atoms with Gasteiger partial charge in [-0.3, -0.25) is 0 Å². The van der Waals surface area contributed by atoms with Crippen molar-refractivity contribution in [3.05, 3.63) is 24.3 Å². The molecule has 0 aromatic heterocycles. The highest BCUT2D eigenvalue weighted by molar-refractivity contribution is 7.80. The predicted molar refractivity (Wildman–Crippen MR) is 39.1 cm³/mol. The number of hydrogen-bond acceptors (Lipinski definition) is 2. The smallest absolute Gasteiger partial charge is 0.140 e. The van der Waals surface area contributed by atoms with E-state index >= 15 is 0 Å². The van der Waals surface area contributed by atoms with Crippen LogP contribution in [0.5, 0.6) is 5.75 Å². The Hall–Kier alpha value is -0.630. The lowest BCUT2D eigenvalue weighted by Gasteiger charge is -1.99. The zero-order valence-electron chi connectivity index (χ0n) is 5.09. The van der Waals surface area contributed by atoms with Crippen molar-refractivity contribution in [2.75, 3.05) is 7.11 Å². The molecule has 9 heavy (non-hydrogen) atoms. The summed E-state index contributed by atoms with van der Waals surface area (Å²) in [6.07, 6.45) is 0. The Labute approximate surface area is 60.1 Å². The van der Waals surface area contributed by atoms with Gasteiger partial charge >= 0.3 is 0 Å². The minimum absolute atomic E-state index is 0.695. The fraction of sp³-hybridized carbons (Fsp3) is 0.143. The Kier molecular flexibility index (Phi) is 2.01. The minimum atomic E-state index is 0.695. The zero-order valence-corrected chi connectivity index (χ0v) is 5.98. The van der Waals surface area contributed by atoms with Gasteiger partial charge in [0, 0.05) is 11.0 Å². The van der Waals surface area contributed by atoms with Crippen LogP contribution in [-0.2, 0) is 0 Å². The van der Waals surface area contributed by atoms with Gasteiger partial charge in [-0.2, -0.15) is 0 Å². The fourth-order valence-electron chi connectivity index (χ4n) is 0.576. The molecule has 0 unspecified atom stereocenters. The molecule has 0 aliphatic carbocycles. The maximum atomic E-state index is 4.91. The molecule has 0 aliphatic rings. The van der Waals surface area contributed by atoms with E-state index in [4.69, 9.17) is 4.74 Å². The first-order valence-corrected chi connectivity index (χ1v) is 3.03. The molecule has 0 atom stereocenters. The summed E-state index contributed by atoms with van der Waals surface area (Å²) in [6.45, 7) is 0. The van der Waals surface area contributed by atoms with Crippen molar-refractivity contribution in [1.29, 1.82) is 0 Å². The molecule has 0 saturated carbocycles. The number of rotatable bonds is 1. The Morgan fingerprint density at radius 1 is 1.67 bits per heavy atom. The molecule has 0 amide bonds. The van der Waals surface area contributed by atoms with Crippen molar-refractivity contribution in [3.63, 3.8) is 0 Å². The van der Waals surface area contributed by atoms with Gasteiger partial charge in [0.2, 0.25) is 0 Å². The van der Waals surface area contributed by atoms with Gasteiger partial charge in [0.05, 0.1) is 7.11 Å². The van der Waals surface area contributed by atoms with Crippen molar-refractivity contribution in [3.8, 4) is 5.75 Å². The van der Waals surface area contributed by atoms with E-state index in [1.54, 1.807) is 13.2 Å². The second-order valence-corrected chi connectivity index (χ2v) is 2.07. The molecule has 0 spiro atoms. The molecule has 1 rings (SSSR count). The highest BCUT2D eigenvalue weighted by atomic mass is 32.1. The van der Waals surface area contributed by atoms with E-state index in [0.29, 0.717) is 5.75 Å². The molecule has 0 aliphatic heterocycles. The van der Waals surface area contributed by atoms with Crippen LogP contribution in [0.25, 0.3) is 0 Å². The molecule has 47 valence electrons. The standard InChI is InChI=1S/C7H7OS/c1-8-6-4-2-3-5-7(6)9/h2-3,5,9H,1H3. The van der Waals surface area contributed by atoms with Gasteiger partial charge in [-0.05, 0) is 6.07 Å². The van der Waals surface area contributed by atoms with Crippen LogP contribution in [0.3, 0.4) is 0 Å². The number of thiol groups is 1. The van der Waals surface area contributed by atoms with Crippen molar-refractivity contribution in [2.45, 2.75) is 4.90 Å². The molecular formula is C7H7OS. The average molecular weight is 139 g/mol. The summed E-state index contributed by atoms with van der Waals surface area (Å²) >= 11 is 4.12. The quantitative estimate of drug-likeness (QED) is 0.583. The van der Waals surface area contributed by atoms with Crippen LogP contribution in [0.15, 0.2) is 23.1 Å². The van der Waals surface area contributed by atoms with E-state index in [2.05, 4.69) is 18.7 Å². The lowest BCUT2D eigenvalue weighted by Crippen LogP contribution is -1.82. The summed E-state index contributed by atoms with van der Waals surface area (Å²) in [6, 6.07) is 8.40. The zero-order chi connectivity index (χ0) is 6.69. The van der Waals surface area contributed by atoms with E-state index in [-0.39, 0.29) is 0 Å². The van der Waals surface area contributed by atoms with E-state index in [0.717, 1.165) is 4.90 Å². The second-order valence-electron chi connectivity index (χ2n) is 1.59. The van der Waals surface area contributed by atoms with Gasteiger partial charge in [-0.15, -0.1) is 12.6 Å². The van der Waals surface area contributed by atoms with Gasteiger partial charge in [0.1, 0.15) is 5.75 Å². The first-order chi connectivity index (χ1) is 4.34. The van der Waals surface area contributed by atoms with Gasteiger partial charge in [-0.1, -0.05) is 12.1 Å². The molecule has 2 heteroatoms. The Bertz CT molecular complexity index is 198. The van der Waals surface area contributed by atoms with Gasteiger partial charge < -0.3 is 4.74 Å². The molecule has 1 radical (unpaired) electrons. The molecule has 0 fully saturated rings. The normalized spacial score (nSPS) is 9.11. The summed E-state index contributed by atoms with van der Waals surface area (Å²) in [5, 5.41) is 0. The summed E-state index contributed by atoms with van der Waals surface area (Å²) < 4.78 is 4.91. The summed E-state index contributed by atoms with van der Waals surface area (Å²) in [7, 11) is 1.60. The van der Waals surface area contributed by atoms with E-state index < -0.39 is 0 Å². The van der Waals surface area contributed by atoms with Crippen LogP contribution in [0.2, 0.25) is 0 Å². The van der Waals surface area contributed by atoms with Crippen LogP contribution >= 0.6 is 12.6 Å². The molecule has 1 aromatic rings. The average Bonchev–Trinajstić information content (AvgIpc) is 1.89. The first-order valence-electron chi connectivity index (χ1n) is 2.58. The van der Waals surface area contributed by atoms with Crippen molar-refractivity contribution < 1.29 is 4.74 Å². The molecular weight excluding hydrogens is 132 g/mol. The highest BCUT2D eigenvalue weighted by Gasteiger charge is 1.92. The SMILES string of the molecule is COc1[c]cccc1S. The Morgan fingerprint density at radius 3 is 2.89 bits per heavy atom. The number of para-hydroxylation sites is 1. The first kappa shape index (κ1) is 6.49. The van der Waals surface area contributed by atoms with Crippen LogP contribution in [0, 0.1) is 6.07 Å². The molecule has 1 aromatic carbocycles. The summed E-state index contributed by atoms with van der Waals surface area (Å²) in [5.74, 6) is 0.695. The lowest BCUT2D eigenvalue weighted by atomic mass is 10.3. The van der Waals surface area contributed by atoms with Crippen molar-refractivity contribution in [1.82, 2.24) is 0 Å². The van der Waals surface area contributed by atoms with Crippen LogP contribution in [0.4, 0.5) is 0 Å². The second kappa shape index (κ2) is 2.78. The van der Waals surface area contributed by atoms with Gasteiger partial charge in [0.15, 0.2) is 0 Å². The monoisotopic (exact) mass is 139 g/mol. The molecule has 0 heterocycles. The minimum Gasteiger partial charge on any atom is -0.495 e. The highest BCUT2D eigenvalue weighted by Crippen LogP contribution is 2.19. The van der Waals surface area contributed by atoms with E-state index in [1.807, 2.05) is 12.1 Å². The van der Waals surface area contributed by atoms with Crippen LogP contribution in [0.1, 0.15) is 0 Å². The molecule has 0 bridgehead atoms. The molecule has 0 saturated heterocycles. The third kappa shape index (κ3) is 1.39. The summed E-state index contributed by atoms with van der Waals surface area (Å²) in [4.78, 5) is 0.819. The van der Waals surface area contributed by atoms with Crippen molar-refractivity contribution >= 4 is 12.6 Å². The number of benzene rings is 1. The Balaban J connectivity index is 3.01. The summed E-state index contributed by atoms with van der Waals surface area (Å²) in [5.41, 5.74) is 0. The Morgan fingerprint density at radius 2 is 2.44 bits per heavy atom. The van der Waals surface area contributed by atoms with Crippen molar-refractivity contribution in [2.24, 2.45) is 0 Å². The third-order valence-corrected chi connectivity index (χ3v) is 1.35. The fourth-order valence-corrected chi connectivity index (χ4v) is 0.818. The topological polar surface area (TPSA) is 9.23 Å². The van der Waals surface area contributed by atoms with E-state index in [9.17, 15) is 0 Å².